The number of rotatable bonds is 0. The fourth-order valence-electron chi connectivity index (χ4n) is 1.98. The van der Waals surface area contributed by atoms with E-state index in [2.05, 4.69) is 10.9 Å². The second-order valence-corrected chi connectivity index (χ2v) is 4.90. The maximum atomic E-state index is 5.98. The third-order valence-electron chi connectivity index (χ3n) is 2.86. The second kappa shape index (κ2) is 4.13. The van der Waals surface area contributed by atoms with E-state index in [0.29, 0.717) is 0 Å². The molecule has 0 atom stereocenters. The number of hydrogen-bond donors (Lipinski definition) is 2. The Hall–Kier alpha value is -1.38. The topological polar surface area (TPSA) is 24.1 Å². The van der Waals surface area contributed by atoms with Crippen LogP contribution in [0.3, 0.4) is 0 Å². The molecule has 0 radical (unpaired) electrons. The first-order valence-corrected chi connectivity index (χ1v) is 6.07. The van der Waals surface area contributed by atoms with Crippen molar-refractivity contribution in [2.45, 2.75) is 6.42 Å². The van der Waals surface area contributed by atoms with Crippen molar-refractivity contribution in [2.24, 2.45) is 0 Å². The summed E-state index contributed by atoms with van der Waals surface area (Å²) in [7, 11) is 0. The average molecular weight is 265 g/mol. The summed E-state index contributed by atoms with van der Waals surface area (Å²) in [6.07, 6.45) is 0.860. The Morgan fingerprint density at radius 2 is 1.24 bits per heavy atom. The molecule has 2 N–H and O–H groups in total. The zero-order valence-corrected chi connectivity index (χ0v) is 10.4. The minimum atomic E-state index is 0.724. The lowest BCUT2D eigenvalue weighted by Gasteiger charge is -2.09. The molecule has 3 rings (SSSR count). The lowest BCUT2D eigenvalue weighted by Crippen LogP contribution is -2.08. The summed E-state index contributed by atoms with van der Waals surface area (Å²) in [6, 6.07) is 11.7. The molecule has 1 heterocycles. The largest absolute Gasteiger partial charge is 0.301 e. The molecule has 0 aliphatic carbocycles. The third kappa shape index (κ3) is 2.06. The lowest BCUT2D eigenvalue weighted by atomic mass is 10.0. The number of halogens is 2. The van der Waals surface area contributed by atoms with Crippen LogP contribution in [0.2, 0.25) is 10.0 Å². The molecule has 0 fully saturated rings. The zero-order chi connectivity index (χ0) is 11.8. The molecule has 2 nitrogen and oxygen atoms in total. The highest BCUT2D eigenvalue weighted by Gasteiger charge is 2.12. The second-order valence-electron chi connectivity index (χ2n) is 4.03. The minimum absolute atomic E-state index is 0.724. The molecule has 1 aliphatic heterocycles. The first-order chi connectivity index (χ1) is 8.22. The highest BCUT2D eigenvalue weighted by atomic mass is 35.5. The molecule has 2 aromatic rings. The predicted molar refractivity (Wildman–Crippen MR) is 73.0 cm³/mol. The van der Waals surface area contributed by atoms with Crippen LogP contribution in [-0.4, -0.2) is 0 Å². The van der Waals surface area contributed by atoms with Gasteiger partial charge < -0.3 is 10.9 Å². The predicted octanol–water partition coefficient (Wildman–Crippen LogP) is 4.34. The van der Waals surface area contributed by atoms with Gasteiger partial charge in [0.15, 0.2) is 0 Å². The SMILES string of the molecule is Clc1ccc2c(c1)NNc1cc(Cl)ccc1C2. The van der Waals surface area contributed by atoms with Crippen LogP contribution in [0.1, 0.15) is 11.1 Å². The molecular weight excluding hydrogens is 255 g/mol. The van der Waals surface area contributed by atoms with Gasteiger partial charge in [0.2, 0.25) is 0 Å². The van der Waals surface area contributed by atoms with Crippen molar-refractivity contribution >= 4 is 34.6 Å². The molecule has 0 saturated carbocycles. The Balaban J connectivity index is 2.07. The van der Waals surface area contributed by atoms with Crippen molar-refractivity contribution in [3.05, 3.63) is 57.6 Å². The lowest BCUT2D eigenvalue weighted by molar-refractivity contribution is 1.22. The Labute approximate surface area is 110 Å². The van der Waals surface area contributed by atoms with Crippen LogP contribution in [0.4, 0.5) is 11.4 Å². The molecule has 0 amide bonds. The van der Waals surface area contributed by atoms with Gasteiger partial charge in [-0.3, -0.25) is 0 Å². The summed E-state index contributed by atoms with van der Waals surface area (Å²) < 4.78 is 0. The maximum Gasteiger partial charge on any atom is 0.0590 e. The van der Waals surface area contributed by atoms with E-state index in [1.165, 1.54) is 11.1 Å². The van der Waals surface area contributed by atoms with E-state index >= 15 is 0 Å². The molecule has 17 heavy (non-hydrogen) atoms. The summed E-state index contributed by atoms with van der Waals surface area (Å²) >= 11 is 12.0. The van der Waals surface area contributed by atoms with Crippen LogP contribution in [-0.2, 0) is 6.42 Å². The quantitative estimate of drug-likeness (QED) is 0.740. The Kier molecular flexibility index (Phi) is 2.61. The number of nitrogens with one attached hydrogen (secondary N) is 2. The smallest absolute Gasteiger partial charge is 0.0590 e. The highest BCUT2D eigenvalue weighted by Crippen LogP contribution is 2.31. The molecule has 0 saturated heterocycles. The van der Waals surface area contributed by atoms with Crippen LogP contribution in [0.5, 0.6) is 0 Å². The molecule has 0 unspecified atom stereocenters. The summed E-state index contributed by atoms with van der Waals surface area (Å²) in [5.41, 5.74) is 10.7. The van der Waals surface area contributed by atoms with Crippen LogP contribution in [0, 0.1) is 0 Å². The summed E-state index contributed by atoms with van der Waals surface area (Å²) in [4.78, 5) is 0. The molecule has 0 bridgehead atoms. The Morgan fingerprint density at radius 3 is 1.71 bits per heavy atom. The maximum absolute atomic E-state index is 5.98. The van der Waals surface area contributed by atoms with Gasteiger partial charge in [-0.15, -0.1) is 0 Å². The summed E-state index contributed by atoms with van der Waals surface area (Å²) in [5.74, 6) is 0. The van der Waals surface area contributed by atoms with E-state index in [0.717, 1.165) is 27.8 Å². The van der Waals surface area contributed by atoms with Crippen molar-refractivity contribution in [1.29, 1.82) is 0 Å². The number of anilines is 2. The standard InChI is InChI=1S/C13H10Cl2N2/c14-10-3-1-8-5-9-2-4-11(15)7-13(9)17-16-12(8)6-10/h1-4,6-7,16-17H,5H2. The number of fused-ring (bicyclic) bond motifs is 2. The van der Waals surface area contributed by atoms with Gasteiger partial charge in [-0.2, -0.15) is 0 Å². The first-order valence-electron chi connectivity index (χ1n) is 5.31. The van der Waals surface area contributed by atoms with Gasteiger partial charge >= 0.3 is 0 Å². The zero-order valence-electron chi connectivity index (χ0n) is 8.93. The average Bonchev–Trinajstić information content (AvgIpc) is 2.48. The molecule has 0 aromatic heterocycles. The van der Waals surface area contributed by atoms with Gasteiger partial charge in [-0.1, -0.05) is 35.3 Å². The fraction of sp³-hybridized carbons (Fsp3) is 0.0769. The van der Waals surface area contributed by atoms with Crippen LogP contribution >= 0.6 is 23.2 Å². The highest BCUT2D eigenvalue weighted by molar-refractivity contribution is 6.31. The van der Waals surface area contributed by atoms with Gasteiger partial charge in [0.25, 0.3) is 0 Å². The third-order valence-corrected chi connectivity index (χ3v) is 3.33. The molecule has 1 aliphatic rings. The van der Waals surface area contributed by atoms with E-state index in [9.17, 15) is 0 Å². The van der Waals surface area contributed by atoms with E-state index in [1.54, 1.807) is 0 Å². The van der Waals surface area contributed by atoms with Gasteiger partial charge in [0.05, 0.1) is 11.4 Å². The Bertz CT molecular complexity index is 530. The Morgan fingerprint density at radius 1 is 0.765 bits per heavy atom. The number of hydrogen-bond acceptors (Lipinski definition) is 2. The van der Waals surface area contributed by atoms with Crippen molar-refractivity contribution in [3.63, 3.8) is 0 Å². The van der Waals surface area contributed by atoms with Gasteiger partial charge in [0, 0.05) is 16.5 Å². The van der Waals surface area contributed by atoms with Gasteiger partial charge in [-0.05, 0) is 35.4 Å². The van der Waals surface area contributed by atoms with Crippen LogP contribution < -0.4 is 10.9 Å². The van der Waals surface area contributed by atoms with Crippen LogP contribution in [0.25, 0.3) is 0 Å². The summed E-state index contributed by atoms with van der Waals surface area (Å²) in [5, 5.41) is 1.45. The van der Waals surface area contributed by atoms with Gasteiger partial charge in [0.1, 0.15) is 0 Å². The minimum Gasteiger partial charge on any atom is -0.301 e. The monoisotopic (exact) mass is 264 g/mol. The van der Waals surface area contributed by atoms with E-state index < -0.39 is 0 Å². The van der Waals surface area contributed by atoms with Crippen molar-refractivity contribution in [1.82, 2.24) is 0 Å². The molecule has 4 heteroatoms. The first kappa shape index (κ1) is 10.8. The fourth-order valence-corrected chi connectivity index (χ4v) is 2.32. The normalized spacial score (nSPS) is 12.8. The van der Waals surface area contributed by atoms with Crippen LogP contribution in [0.15, 0.2) is 36.4 Å². The van der Waals surface area contributed by atoms with E-state index in [1.807, 2.05) is 36.4 Å². The molecule has 0 spiro atoms. The number of hydrazine groups is 1. The molecule has 86 valence electrons. The van der Waals surface area contributed by atoms with E-state index in [4.69, 9.17) is 23.2 Å². The van der Waals surface area contributed by atoms with Crippen molar-refractivity contribution in [2.75, 3.05) is 10.9 Å². The van der Waals surface area contributed by atoms with Crippen molar-refractivity contribution < 1.29 is 0 Å². The van der Waals surface area contributed by atoms with Gasteiger partial charge in [-0.25, -0.2) is 0 Å². The summed E-state index contributed by atoms with van der Waals surface area (Å²) in [6.45, 7) is 0. The number of benzene rings is 2. The van der Waals surface area contributed by atoms with E-state index in [-0.39, 0.29) is 0 Å². The molecule has 2 aromatic carbocycles. The van der Waals surface area contributed by atoms with Crippen molar-refractivity contribution in [3.8, 4) is 0 Å². The molecular formula is C13H10Cl2N2.